The summed E-state index contributed by atoms with van der Waals surface area (Å²) in [4.78, 5) is 0. The maximum absolute atomic E-state index is 13.4. The van der Waals surface area contributed by atoms with Crippen molar-refractivity contribution < 1.29 is 14.5 Å². The van der Waals surface area contributed by atoms with Gasteiger partial charge >= 0.3 is 0 Å². The summed E-state index contributed by atoms with van der Waals surface area (Å²) in [6.07, 6.45) is 6.43. The van der Waals surface area contributed by atoms with Gasteiger partial charge < -0.3 is 15.7 Å². The predicted molar refractivity (Wildman–Crippen MR) is 82.3 cm³/mol. The molecule has 22 heavy (non-hydrogen) atoms. The fraction of sp³-hybridized carbons (Fsp3) is 0.250. The molecule has 116 valence electrons. The molecule has 2 heterocycles. The van der Waals surface area contributed by atoms with E-state index in [9.17, 15) is 9.50 Å². The van der Waals surface area contributed by atoms with Gasteiger partial charge in [0.05, 0.1) is 6.20 Å². The highest BCUT2D eigenvalue weighted by Gasteiger charge is 2.28. The number of benzene rings is 1. The molecule has 5 nitrogen and oxygen atoms in total. The van der Waals surface area contributed by atoms with Gasteiger partial charge in [0.25, 0.3) is 0 Å². The molecular weight excluding hydrogens is 283 g/mol. The number of aliphatic hydroxyl groups is 1. The van der Waals surface area contributed by atoms with E-state index in [1.54, 1.807) is 6.07 Å². The Morgan fingerprint density at radius 1 is 1.41 bits per heavy atom. The van der Waals surface area contributed by atoms with E-state index in [0.717, 1.165) is 28.5 Å². The van der Waals surface area contributed by atoms with Crippen LogP contribution in [0.3, 0.4) is 0 Å². The lowest BCUT2D eigenvalue weighted by atomic mass is 10.1. The third-order valence-corrected chi connectivity index (χ3v) is 3.72. The van der Waals surface area contributed by atoms with Crippen LogP contribution in [0, 0.1) is 5.82 Å². The van der Waals surface area contributed by atoms with Crippen LogP contribution in [0.2, 0.25) is 0 Å². The summed E-state index contributed by atoms with van der Waals surface area (Å²) in [6, 6.07) is 6.43. The van der Waals surface area contributed by atoms with Crippen molar-refractivity contribution >= 4 is 5.70 Å². The van der Waals surface area contributed by atoms with Gasteiger partial charge in [0, 0.05) is 18.2 Å². The van der Waals surface area contributed by atoms with Crippen molar-refractivity contribution in [2.75, 3.05) is 6.61 Å². The maximum atomic E-state index is 13.4. The van der Waals surface area contributed by atoms with Crippen molar-refractivity contribution in [3.63, 3.8) is 0 Å². The van der Waals surface area contributed by atoms with Gasteiger partial charge in [-0.1, -0.05) is 25.5 Å². The molecule has 0 saturated heterocycles. The molecule has 0 aromatic heterocycles. The van der Waals surface area contributed by atoms with E-state index in [4.69, 9.17) is 0 Å². The Kier molecular flexibility index (Phi) is 4.13. The van der Waals surface area contributed by atoms with Crippen LogP contribution >= 0.6 is 0 Å². The molecule has 0 bridgehead atoms. The van der Waals surface area contributed by atoms with Gasteiger partial charge in [0.2, 0.25) is 5.82 Å². The first-order chi connectivity index (χ1) is 10.7. The van der Waals surface area contributed by atoms with E-state index in [-0.39, 0.29) is 18.5 Å². The number of aliphatic hydroxyl groups excluding tert-OH is 1. The quantitative estimate of drug-likeness (QED) is 0.655. The zero-order valence-corrected chi connectivity index (χ0v) is 12.3. The smallest absolute Gasteiger partial charge is 0.219 e. The lowest BCUT2D eigenvalue weighted by Gasteiger charge is -2.32. The maximum Gasteiger partial charge on any atom is 0.219 e. The van der Waals surface area contributed by atoms with E-state index in [0.29, 0.717) is 5.82 Å². The van der Waals surface area contributed by atoms with Gasteiger partial charge in [0.1, 0.15) is 5.82 Å². The molecule has 2 aliphatic rings. The Bertz CT molecular complexity index is 649. The second kappa shape index (κ2) is 6.21. The Morgan fingerprint density at radius 3 is 3.00 bits per heavy atom. The number of allylic oxidation sites excluding steroid dienone is 2. The molecule has 0 amide bonds. The van der Waals surface area contributed by atoms with Crippen LogP contribution < -0.4 is 15.6 Å². The van der Waals surface area contributed by atoms with Gasteiger partial charge in [-0.3, -0.25) is 5.43 Å². The van der Waals surface area contributed by atoms with Gasteiger partial charge in [-0.25, -0.2) is 9.40 Å². The molecule has 2 aliphatic heterocycles. The minimum atomic E-state index is -0.271. The molecule has 2 unspecified atom stereocenters. The molecule has 0 fully saturated rings. The third kappa shape index (κ3) is 2.84. The summed E-state index contributed by atoms with van der Waals surface area (Å²) in [5, 5.41) is 16.4. The number of fused-ring (bicyclic) bond motifs is 1. The SMILES string of the molecule is CCC(CO)NC1=CC=C2NC=C(c3cccc(F)c3)[NH+]2[N-]1. The van der Waals surface area contributed by atoms with E-state index < -0.39 is 0 Å². The molecule has 4 N–H and O–H groups in total. The van der Waals surface area contributed by atoms with Crippen molar-refractivity contribution in [1.82, 2.24) is 10.6 Å². The molecular formula is C16H19FN4O. The number of nitrogens with zero attached hydrogens (tertiary/aromatic N) is 1. The molecule has 0 radical (unpaired) electrons. The topological polar surface area (TPSA) is 62.8 Å². The zero-order valence-electron chi connectivity index (χ0n) is 12.3. The molecule has 0 saturated carbocycles. The normalized spacial score (nSPS) is 20.9. The zero-order chi connectivity index (χ0) is 15.5. The molecule has 1 aromatic rings. The van der Waals surface area contributed by atoms with Crippen molar-refractivity contribution in [3.8, 4) is 0 Å². The summed E-state index contributed by atoms with van der Waals surface area (Å²) in [7, 11) is 0. The summed E-state index contributed by atoms with van der Waals surface area (Å²) < 4.78 is 13.4. The number of nitrogens with one attached hydrogen (secondary N) is 3. The van der Waals surface area contributed by atoms with Gasteiger partial charge in [-0.15, -0.1) is 0 Å². The van der Waals surface area contributed by atoms with Crippen molar-refractivity contribution in [1.29, 1.82) is 0 Å². The predicted octanol–water partition coefficient (Wildman–Crippen LogP) is 0.958. The van der Waals surface area contributed by atoms with E-state index in [2.05, 4.69) is 16.1 Å². The minimum Gasteiger partial charge on any atom is -0.473 e. The summed E-state index contributed by atoms with van der Waals surface area (Å²) in [5.41, 5.74) is 6.24. The highest BCUT2D eigenvalue weighted by molar-refractivity contribution is 5.61. The molecule has 0 spiro atoms. The van der Waals surface area contributed by atoms with Crippen LogP contribution in [0.5, 0.6) is 0 Å². The standard InChI is InChI=1S/C16H19FN4O/c1-2-13(10-22)19-15-6-7-16-18-9-14(21(16)20-15)11-4-3-5-12(17)8-11/h3-9,13,18-19,21-22H,2,10H2,1H3. The molecule has 1 aromatic carbocycles. The van der Waals surface area contributed by atoms with Crippen LogP contribution in [0.15, 0.2) is 54.3 Å². The number of quaternary nitrogens is 1. The third-order valence-electron chi connectivity index (χ3n) is 3.72. The minimum absolute atomic E-state index is 0.0264. The van der Waals surface area contributed by atoms with Crippen molar-refractivity contribution in [2.45, 2.75) is 19.4 Å². The van der Waals surface area contributed by atoms with Gasteiger partial charge in [-0.05, 0) is 30.1 Å². The highest BCUT2D eigenvalue weighted by atomic mass is 19.1. The number of halogens is 1. The molecule has 0 aliphatic carbocycles. The summed E-state index contributed by atoms with van der Waals surface area (Å²) in [5.74, 6) is 1.32. The Hall–Kier alpha value is -2.31. The first-order valence-corrected chi connectivity index (χ1v) is 7.32. The number of hydrogen-bond donors (Lipinski definition) is 4. The number of rotatable bonds is 5. The van der Waals surface area contributed by atoms with Crippen LogP contribution in [-0.4, -0.2) is 17.8 Å². The van der Waals surface area contributed by atoms with E-state index >= 15 is 0 Å². The fourth-order valence-electron chi connectivity index (χ4n) is 2.44. The first kappa shape index (κ1) is 14.6. The monoisotopic (exact) mass is 302 g/mol. The Labute approximate surface area is 128 Å². The largest absolute Gasteiger partial charge is 0.473 e. The number of hydrogen-bond acceptors (Lipinski definition) is 3. The second-order valence-electron chi connectivity index (χ2n) is 5.24. The molecule has 3 rings (SSSR count). The van der Waals surface area contributed by atoms with Gasteiger partial charge in [-0.2, -0.15) is 0 Å². The summed E-state index contributed by atoms with van der Waals surface area (Å²) in [6.45, 7) is 2.06. The molecule has 6 heteroatoms. The van der Waals surface area contributed by atoms with Crippen molar-refractivity contribution in [2.24, 2.45) is 0 Å². The van der Waals surface area contributed by atoms with Crippen LogP contribution in [-0.2, 0) is 0 Å². The lowest BCUT2D eigenvalue weighted by Crippen LogP contribution is -3.03. The molecule has 2 atom stereocenters. The van der Waals surface area contributed by atoms with E-state index in [1.807, 2.05) is 31.3 Å². The average Bonchev–Trinajstić information content (AvgIpc) is 2.95. The Balaban J connectivity index is 1.78. The highest BCUT2D eigenvalue weighted by Crippen LogP contribution is 2.17. The van der Waals surface area contributed by atoms with E-state index in [1.165, 1.54) is 12.1 Å². The van der Waals surface area contributed by atoms with Crippen LogP contribution in [0.25, 0.3) is 11.1 Å². The second-order valence-corrected chi connectivity index (χ2v) is 5.24. The van der Waals surface area contributed by atoms with Gasteiger partial charge in [0.15, 0.2) is 5.70 Å². The fourth-order valence-corrected chi connectivity index (χ4v) is 2.44. The first-order valence-electron chi connectivity index (χ1n) is 7.32. The average molecular weight is 302 g/mol. The van der Waals surface area contributed by atoms with Crippen molar-refractivity contribution in [3.05, 3.63) is 71.1 Å². The summed E-state index contributed by atoms with van der Waals surface area (Å²) >= 11 is 0. The lowest BCUT2D eigenvalue weighted by molar-refractivity contribution is -0.736. The van der Waals surface area contributed by atoms with Crippen LogP contribution in [0.1, 0.15) is 18.9 Å². The Morgan fingerprint density at radius 2 is 2.27 bits per heavy atom. The van der Waals surface area contributed by atoms with Crippen LogP contribution in [0.4, 0.5) is 4.39 Å².